The molecular weight excluding hydrogens is 1030 g/mol. The molecule has 0 radical (unpaired) electrons. The van der Waals surface area contributed by atoms with Crippen molar-refractivity contribution in [1.82, 2.24) is 42.5 Å². The summed E-state index contributed by atoms with van der Waals surface area (Å²) in [4.78, 5) is 152. The van der Waals surface area contributed by atoms with Gasteiger partial charge in [0.15, 0.2) is 11.6 Å². The number of hydrogen-bond acceptors (Lipinski definition) is 18. The molecule has 0 unspecified atom stereocenters. The van der Waals surface area contributed by atoms with Crippen molar-refractivity contribution in [1.29, 1.82) is 0 Å². The first-order valence-electron chi connectivity index (χ1n) is 28.2. The van der Waals surface area contributed by atoms with Crippen molar-refractivity contribution in [3.05, 3.63) is 0 Å². The van der Waals surface area contributed by atoms with E-state index in [4.69, 9.17) is 28.7 Å². The number of hydrogen-bond donors (Lipinski definition) is 15. The molecule has 8 amide bonds. The van der Waals surface area contributed by atoms with Gasteiger partial charge in [0.05, 0.1) is 18.8 Å². The average Bonchev–Trinajstić information content (AvgIpc) is 3.38. The molecule has 26 nitrogen and oxygen atoms in total. The Kier molecular flexibility index (Phi) is 35.3. The number of nitrogens with two attached hydrogens (primary N) is 5. The number of amides is 8. The van der Waals surface area contributed by atoms with Crippen molar-refractivity contribution in [3.63, 3.8) is 0 Å². The molecule has 26 heteroatoms. The lowest BCUT2D eigenvalue weighted by Crippen LogP contribution is -2.60. The van der Waals surface area contributed by atoms with E-state index in [1.54, 1.807) is 13.8 Å². The number of aliphatic hydroxyl groups excluding tert-OH is 2. The number of Topliss-reactive ketones (excluding diaryl/α,β-unsaturated/α-hetero) is 3. The van der Waals surface area contributed by atoms with Crippen LogP contribution in [0.2, 0.25) is 0 Å². The van der Waals surface area contributed by atoms with Gasteiger partial charge >= 0.3 is 0 Å². The van der Waals surface area contributed by atoms with E-state index in [1.807, 2.05) is 13.8 Å². The van der Waals surface area contributed by atoms with Gasteiger partial charge in [-0.05, 0) is 103 Å². The second-order valence-corrected chi connectivity index (χ2v) is 21.4. The second-order valence-electron chi connectivity index (χ2n) is 21.4. The maximum absolute atomic E-state index is 14.4. The van der Waals surface area contributed by atoms with Crippen LogP contribution in [0.3, 0.4) is 0 Å². The quantitative estimate of drug-likeness (QED) is 0.0315. The van der Waals surface area contributed by atoms with Gasteiger partial charge in [0, 0.05) is 50.0 Å². The maximum Gasteiger partial charge on any atom is 0.244 e. The van der Waals surface area contributed by atoms with Crippen molar-refractivity contribution in [2.45, 2.75) is 193 Å². The summed E-state index contributed by atoms with van der Waals surface area (Å²) < 4.78 is 0. The minimum Gasteiger partial charge on any atom is -0.394 e. The highest BCUT2D eigenvalue weighted by molar-refractivity contribution is 5.99. The molecule has 0 aliphatic carbocycles. The third-order valence-corrected chi connectivity index (χ3v) is 13.7. The van der Waals surface area contributed by atoms with E-state index >= 15 is 0 Å². The largest absolute Gasteiger partial charge is 0.394 e. The van der Waals surface area contributed by atoms with E-state index in [2.05, 4.69) is 49.5 Å². The van der Waals surface area contributed by atoms with Crippen LogP contribution in [-0.2, 0) is 52.7 Å². The molecule has 0 aromatic rings. The van der Waals surface area contributed by atoms with Crippen molar-refractivity contribution in [2.24, 2.45) is 58.3 Å². The average molecular weight is 1120 g/mol. The Labute approximate surface area is 465 Å². The van der Waals surface area contributed by atoms with Gasteiger partial charge in [-0.1, -0.05) is 60.3 Å². The van der Waals surface area contributed by atoms with E-state index in [0.29, 0.717) is 6.42 Å². The van der Waals surface area contributed by atoms with Crippen LogP contribution in [0.4, 0.5) is 0 Å². The van der Waals surface area contributed by atoms with Crippen molar-refractivity contribution in [2.75, 3.05) is 45.9 Å². The van der Waals surface area contributed by atoms with Gasteiger partial charge in [-0.3, -0.25) is 52.7 Å². The Balaban J connectivity index is 3.76. The third kappa shape index (κ3) is 26.5. The van der Waals surface area contributed by atoms with Gasteiger partial charge in [-0.2, -0.15) is 0 Å². The van der Waals surface area contributed by atoms with Gasteiger partial charge < -0.3 is 81.4 Å². The minimum absolute atomic E-state index is 0.0646. The molecule has 79 heavy (non-hydrogen) atoms. The number of rotatable bonds is 30. The summed E-state index contributed by atoms with van der Waals surface area (Å²) in [6.07, 6.45) is 1.69. The summed E-state index contributed by atoms with van der Waals surface area (Å²) in [6, 6.07) is -9.96. The summed E-state index contributed by atoms with van der Waals surface area (Å²) in [5, 5.41) is 41.5. The maximum atomic E-state index is 14.4. The van der Waals surface area contributed by atoms with E-state index in [9.17, 15) is 63.0 Å². The first-order chi connectivity index (χ1) is 37.4. The van der Waals surface area contributed by atoms with Gasteiger partial charge in [0.2, 0.25) is 47.3 Å². The monoisotopic (exact) mass is 1120 g/mol. The summed E-state index contributed by atoms with van der Waals surface area (Å²) in [5.74, 6) is -12.1. The van der Waals surface area contributed by atoms with Crippen LogP contribution in [0.25, 0.3) is 0 Å². The number of unbranched alkanes of at least 4 members (excludes halogenated alkanes) is 4. The van der Waals surface area contributed by atoms with E-state index in [1.165, 1.54) is 6.92 Å². The van der Waals surface area contributed by atoms with Crippen LogP contribution in [0, 0.1) is 29.6 Å². The normalized spacial score (nSPS) is 23.2. The zero-order chi connectivity index (χ0) is 59.8. The zero-order valence-electron chi connectivity index (χ0n) is 47.5. The standard InChI is InChI=1S/C53H97N13O13/c1-7-8-9-10-11-12-36(69)26-33(13-19-54)47(73)66-45(32(6)68)43(71)27-34(14-20-55)46(72)61-40-18-24-59-49(75)41(29-67)64-51(77)38(16-22-57)62-50(76)39(17-23-58)63-53(79)44(31(4)5)65-48(74)35(25-30(2)3)28-42(70)37(15-21-56)60-52(40)78/h30-35,37-41,44-45,67-68H,7-29,54-58H2,1-6H3,(H,59,75)(H,60,78)(H,61,72)(H,62,76)(H,63,79)(H,64,77)(H,65,74)(H,66,73)/t32-,33-,34-,35+,37+,38+,39+,40+,41+,44+,45+/m1/s1. The van der Waals surface area contributed by atoms with Crippen LogP contribution in [0.15, 0.2) is 0 Å². The number of carbonyl (C=O) groups excluding carboxylic acids is 11. The fraction of sp³-hybridized carbons (Fsp3) is 0.792. The topological polar surface area (TPSA) is 455 Å². The zero-order valence-corrected chi connectivity index (χ0v) is 47.5. The molecule has 1 fully saturated rings. The molecule has 452 valence electrons. The van der Waals surface area contributed by atoms with Crippen LogP contribution < -0.4 is 71.2 Å². The molecule has 1 saturated heterocycles. The number of aliphatic hydroxyl groups is 2. The molecule has 1 aliphatic heterocycles. The first-order valence-corrected chi connectivity index (χ1v) is 28.2. The van der Waals surface area contributed by atoms with Gasteiger partial charge in [-0.25, -0.2) is 0 Å². The lowest BCUT2D eigenvalue weighted by atomic mass is 9.88. The summed E-state index contributed by atoms with van der Waals surface area (Å²) in [6.45, 7) is 8.56. The minimum atomic E-state index is -1.62. The SMILES string of the molecule is CCCCCCCC(=O)C[C@@H](CCN)C(=O)N[C@H](C(=O)C[C@@H](CCN)C(=O)N[C@H]1CCNC(=O)[C@H](CO)NC(=O)[C@H](CCN)NC(=O)[C@H](CCN)NC(=O)[C@H](C(C)C)NC(=O)[C@@H](CC(C)C)CC(=O)[C@H](CCN)NC1=O)[C@@H](C)O. The predicted octanol–water partition coefficient (Wildman–Crippen LogP) is -3.19. The predicted molar refractivity (Wildman–Crippen MR) is 295 cm³/mol. The Hall–Kier alpha value is -5.51. The fourth-order valence-electron chi connectivity index (χ4n) is 9.16. The summed E-state index contributed by atoms with van der Waals surface area (Å²) >= 11 is 0. The number of carbonyl (C=O) groups is 11. The highest BCUT2D eigenvalue weighted by atomic mass is 16.3. The highest BCUT2D eigenvalue weighted by Gasteiger charge is 2.37. The Morgan fingerprint density at radius 3 is 1.67 bits per heavy atom. The van der Waals surface area contributed by atoms with E-state index in [-0.39, 0.29) is 102 Å². The van der Waals surface area contributed by atoms with Gasteiger partial charge in [0.1, 0.15) is 42.0 Å². The molecule has 0 aromatic carbocycles. The lowest BCUT2D eigenvalue weighted by molar-refractivity contribution is -0.137. The Bertz CT molecular complexity index is 1980. The van der Waals surface area contributed by atoms with Gasteiger partial charge in [-0.15, -0.1) is 0 Å². The lowest BCUT2D eigenvalue weighted by Gasteiger charge is -2.29. The smallest absolute Gasteiger partial charge is 0.244 e. The molecule has 0 aromatic heterocycles. The molecule has 0 spiro atoms. The molecule has 1 rings (SSSR count). The third-order valence-electron chi connectivity index (χ3n) is 13.7. The summed E-state index contributed by atoms with van der Waals surface area (Å²) in [5.41, 5.74) is 29.2. The summed E-state index contributed by atoms with van der Waals surface area (Å²) in [7, 11) is 0. The van der Waals surface area contributed by atoms with Crippen LogP contribution in [0.1, 0.15) is 144 Å². The van der Waals surface area contributed by atoms with Crippen LogP contribution in [-0.4, -0.2) is 169 Å². The second kappa shape index (κ2) is 39.0. The number of ketones is 3. The van der Waals surface area contributed by atoms with Crippen LogP contribution >= 0.6 is 0 Å². The molecule has 1 heterocycles. The van der Waals surface area contributed by atoms with Crippen molar-refractivity contribution < 1.29 is 63.0 Å². The molecule has 1 aliphatic rings. The first kappa shape index (κ1) is 71.5. The number of nitrogens with one attached hydrogen (secondary N) is 8. The van der Waals surface area contributed by atoms with Crippen molar-refractivity contribution >= 4 is 64.6 Å². The highest BCUT2D eigenvalue weighted by Crippen LogP contribution is 2.21. The Morgan fingerprint density at radius 2 is 1.15 bits per heavy atom. The molecule has 11 atom stereocenters. The fourth-order valence-corrected chi connectivity index (χ4v) is 9.16. The van der Waals surface area contributed by atoms with Crippen LogP contribution in [0.5, 0.6) is 0 Å². The molecule has 0 bridgehead atoms. The molecule has 20 N–H and O–H groups in total. The Morgan fingerprint density at radius 1 is 0.620 bits per heavy atom. The van der Waals surface area contributed by atoms with E-state index in [0.717, 1.165) is 25.7 Å². The molecular formula is C53H97N13O13. The molecule has 0 saturated carbocycles. The van der Waals surface area contributed by atoms with Gasteiger partial charge in [0.25, 0.3) is 0 Å². The van der Waals surface area contributed by atoms with E-state index < -0.39 is 157 Å². The van der Waals surface area contributed by atoms with Crippen molar-refractivity contribution in [3.8, 4) is 0 Å².